The van der Waals surface area contributed by atoms with E-state index in [1.807, 2.05) is 13.0 Å². The van der Waals surface area contributed by atoms with Crippen molar-refractivity contribution in [2.75, 3.05) is 19.8 Å². The Kier molecular flexibility index (Phi) is 6.45. The van der Waals surface area contributed by atoms with Crippen molar-refractivity contribution >= 4 is 23.5 Å². The van der Waals surface area contributed by atoms with Crippen molar-refractivity contribution in [3.05, 3.63) is 28.8 Å². The molecule has 0 radical (unpaired) electrons. The first-order chi connectivity index (χ1) is 11.4. The fourth-order valence-corrected chi connectivity index (χ4v) is 2.87. The molecular weight excluding hydrogens is 334 g/mol. The van der Waals surface area contributed by atoms with Crippen LogP contribution in [-0.2, 0) is 14.3 Å². The average Bonchev–Trinajstić information content (AvgIpc) is 2.56. The Hall–Kier alpha value is -1.79. The Morgan fingerprint density at radius 1 is 1.42 bits per heavy atom. The van der Waals surface area contributed by atoms with Crippen LogP contribution in [0.15, 0.2) is 18.2 Å². The molecule has 0 unspecified atom stereocenters. The van der Waals surface area contributed by atoms with Gasteiger partial charge in [-0.15, -0.1) is 0 Å². The molecule has 1 aromatic carbocycles. The van der Waals surface area contributed by atoms with E-state index < -0.39 is 12.1 Å². The highest BCUT2D eigenvalue weighted by Crippen LogP contribution is 2.27. The molecule has 24 heavy (non-hydrogen) atoms. The zero-order valence-electron chi connectivity index (χ0n) is 13.8. The number of carbonyl (C=O) groups is 2. The van der Waals surface area contributed by atoms with Crippen LogP contribution in [0.4, 0.5) is 0 Å². The first kappa shape index (κ1) is 18.5. The smallest absolute Gasteiger partial charge is 0.323 e. The molecule has 1 saturated heterocycles. The van der Waals surface area contributed by atoms with Gasteiger partial charge in [-0.05, 0) is 44.4 Å². The van der Waals surface area contributed by atoms with Crippen molar-refractivity contribution in [1.29, 1.82) is 0 Å². The Balaban J connectivity index is 2.11. The molecule has 0 aromatic heterocycles. The van der Waals surface area contributed by atoms with Crippen LogP contribution in [0.1, 0.15) is 25.3 Å². The minimum absolute atomic E-state index is 0.151. The number of benzene rings is 1. The summed E-state index contributed by atoms with van der Waals surface area (Å²) in [6, 6.07) is 5.15. The second-order valence-corrected chi connectivity index (χ2v) is 6.30. The number of ether oxygens (including phenoxy) is 2. The van der Waals surface area contributed by atoms with Gasteiger partial charge in [-0.2, -0.15) is 0 Å². The number of carboxylic acid groups (broad SMARTS) is 1. The van der Waals surface area contributed by atoms with Crippen molar-refractivity contribution in [1.82, 2.24) is 4.90 Å². The van der Waals surface area contributed by atoms with Gasteiger partial charge in [0.05, 0.1) is 5.02 Å². The van der Waals surface area contributed by atoms with Crippen LogP contribution >= 0.6 is 11.6 Å². The van der Waals surface area contributed by atoms with Crippen LogP contribution in [-0.4, -0.2) is 53.8 Å². The number of aliphatic carboxylic acids is 1. The van der Waals surface area contributed by atoms with E-state index in [0.717, 1.165) is 5.56 Å². The van der Waals surface area contributed by atoms with Crippen molar-refractivity contribution in [3.63, 3.8) is 0 Å². The van der Waals surface area contributed by atoms with Crippen molar-refractivity contribution in [2.45, 2.75) is 38.8 Å². The lowest BCUT2D eigenvalue weighted by atomic mass is 10.1. The maximum absolute atomic E-state index is 12.7. The molecule has 1 atom stereocenters. The summed E-state index contributed by atoms with van der Waals surface area (Å²) in [6.45, 7) is 4.20. The molecule has 1 aromatic rings. The van der Waals surface area contributed by atoms with Crippen molar-refractivity contribution in [2.24, 2.45) is 0 Å². The van der Waals surface area contributed by atoms with Gasteiger partial charge >= 0.3 is 5.97 Å². The van der Waals surface area contributed by atoms with Crippen LogP contribution in [0.3, 0.4) is 0 Å². The van der Waals surface area contributed by atoms with Gasteiger partial charge in [0.15, 0.2) is 6.10 Å². The van der Waals surface area contributed by atoms with E-state index in [1.165, 1.54) is 4.90 Å². The summed E-state index contributed by atoms with van der Waals surface area (Å²) in [5.74, 6) is -0.989. The van der Waals surface area contributed by atoms with E-state index in [4.69, 9.17) is 26.2 Å². The first-order valence-corrected chi connectivity index (χ1v) is 8.29. The summed E-state index contributed by atoms with van der Waals surface area (Å²) >= 11 is 6.10. The van der Waals surface area contributed by atoms with Gasteiger partial charge in [-0.3, -0.25) is 9.59 Å². The molecule has 0 spiro atoms. The Bertz CT molecular complexity index is 601. The lowest BCUT2D eigenvalue weighted by Gasteiger charge is -2.34. The molecule has 1 N–H and O–H groups in total. The number of carboxylic acids is 1. The topological polar surface area (TPSA) is 76.1 Å². The normalized spacial score (nSPS) is 16.5. The molecule has 6 nitrogen and oxygen atoms in total. The molecule has 0 bridgehead atoms. The molecule has 0 saturated carbocycles. The number of nitrogens with zero attached hydrogens (tertiary/aromatic N) is 1. The van der Waals surface area contributed by atoms with E-state index >= 15 is 0 Å². The molecule has 1 fully saturated rings. The third-order valence-electron chi connectivity index (χ3n) is 3.96. The number of rotatable bonds is 6. The molecule has 132 valence electrons. The average molecular weight is 356 g/mol. The van der Waals surface area contributed by atoms with Crippen LogP contribution < -0.4 is 4.74 Å². The van der Waals surface area contributed by atoms with Gasteiger partial charge in [0.25, 0.3) is 5.91 Å². The highest BCUT2D eigenvalue weighted by atomic mass is 35.5. The van der Waals surface area contributed by atoms with Gasteiger partial charge in [-0.1, -0.05) is 17.7 Å². The van der Waals surface area contributed by atoms with Crippen LogP contribution in [0, 0.1) is 6.92 Å². The number of carbonyl (C=O) groups excluding carboxylic acids is 1. The molecule has 1 aliphatic heterocycles. The molecule has 2 rings (SSSR count). The Labute approximate surface area is 146 Å². The minimum Gasteiger partial charge on any atom is -0.480 e. The lowest BCUT2D eigenvalue weighted by Crippen LogP contribution is -2.50. The molecule has 1 amide bonds. The van der Waals surface area contributed by atoms with Gasteiger partial charge in [0.2, 0.25) is 0 Å². The molecule has 1 aliphatic rings. The number of halogens is 1. The monoisotopic (exact) mass is 355 g/mol. The summed E-state index contributed by atoms with van der Waals surface area (Å²) in [4.78, 5) is 25.3. The maximum Gasteiger partial charge on any atom is 0.323 e. The largest absolute Gasteiger partial charge is 0.480 e. The number of aryl methyl sites for hydroxylation is 1. The highest BCUT2D eigenvalue weighted by Gasteiger charge is 2.31. The molecule has 7 heteroatoms. The molecule has 0 aliphatic carbocycles. The maximum atomic E-state index is 12.7. The summed E-state index contributed by atoms with van der Waals surface area (Å²) in [6.07, 6.45) is 0.417. The third kappa shape index (κ3) is 4.85. The number of hydrogen-bond donors (Lipinski definition) is 1. The fraction of sp³-hybridized carbons (Fsp3) is 0.529. The van der Waals surface area contributed by atoms with Crippen molar-refractivity contribution < 1.29 is 24.2 Å². The fourth-order valence-electron chi connectivity index (χ4n) is 2.70. The second-order valence-electron chi connectivity index (χ2n) is 5.90. The zero-order chi connectivity index (χ0) is 17.7. The molecular formula is C17H22ClNO5. The standard InChI is InChI=1S/C17H22ClNO5/c1-11-3-4-14(18)15(9-11)24-12(2)17(22)19(10-16(20)21)13-5-7-23-8-6-13/h3-4,9,12-13H,5-8,10H2,1-2H3,(H,20,21)/t12-/m0/s1. The summed E-state index contributed by atoms with van der Waals surface area (Å²) < 4.78 is 11.0. The summed E-state index contributed by atoms with van der Waals surface area (Å²) in [7, 11) is 0. The number of amides is 1. The SMILES string of the molecule is Cc1ccc(Cl)c(O[C@@H](C)C(=O)N(CC(=O)O)C2CCOCC2)c1. The van der Waals surface area contributed by atoms with E-state index in [9.17, 15) is 9.59 Å². The second kappa shape index (κ2) is 8.35. The Morgan fingerprint density at radius 2 is 2.08 bits per heavy atom. The minimum atomic E-state index is -1.05. The van der Waals surface area contributed by atoms with Gasteiger partial charge < -0.3 is 19.5 Å². The van der Waals surface area contributed by atoms with Gasteiger partial charge in [0.1, 0.15) is 12.3 Å². The first-order valence-electron chi connectivity index (χ1n) is 7.91. The summed E-state index contributed by atoms with van der Waals surface area (Å²) in [5.41, 5.74) is 0.959. The van der Waals surface area contributed by atoms with Crippen molar-refractivity contribution in [3.8, 4) is 5.75 Å². The van der Waals surface area contributed by atoms with Gasteiger partial charge in [0, 0.05) is 19.3 Å². The third-order valence-corrected chi connectivity index (χ3v) is 4.27. The highest BCUT2D eigenvalue weighted by molar-refractivity contribution is 6.32. The van der Waals surface area contributed by atoms with E-state index in [0.29, 0.717) is 36.8 Å². The van der Waals surface area contributed by atoms with Crippen LogP contribution in [0.5, 0.6) is 5.75 Å². The quantitative estimate of drug-likeness (QED) is 0.848. The van der Waals surface area contributed by atoms with Crippen LogP contribution in [0.25, 0.3) is 0 Å². The Morgan fingerprint density at radius 3 is 2.71 bits per heavy atom. The summed E-state index contributed by atoms with van der Waals surface area (Å²) in [5, 5.41) is 9.54. The van der Waals surface area contributed by atoms with E-state index in [-0.39, 0.29) is 18.5 Å². The van der Waals surface area contributed by atoms with Gasteiger partial charge in [-0.25, -0.2) is 0 Å². The van der Waals surface area contributed by atoms with Crippen LogP contribution in [0.2, 0.25) is 5.02 Å². The predicted octanol–water partition coefficient (Wildman–Crippen LogP) is 2.51. The molecule has 1 heterocycles. The number of hydrogen-bond acceptors (Lipinski definition) is 4. The lowest BCUT2D eigenvalue weighted by molar-refractivity contribution is -0.151. The van der Waals surface area contributed by atoms with E-state index in [2.05, 4.69) is 0 Å². The predicted molar refractivity (Wildman–Crippen MR) is 89.5 cm³/mol. The van der Waals surface area contributed by atoms with E-state index in [1.54, 1.807) is 19.1 Å². The zero-order valence-corrected chi connectivity index (χ0v) is 14.6.